The third-order valence-corrected chi connectivity index (χ3v) is 5.50. The molecule has 110 valence electrons. The third-order valence-electron chi connectivity index (χ3n) is 3.26. The zero-order valence-electron chi connectivity index (χ0n) is 10.8. The number of nitrogens with two attached hydrogens (primary N) is 1. The molecule has 0 atom stereocenters. The van der Waals surface area contributed by atoms with E-state index in [4.69, 9.17) is 34.3 Å². The van der Waals surface area contributed by atoms with E-state index in [1.165, 1.54) is 12.1 Å². The van der Waals surface area contributed by atoms with E-state index < -0.39 is 10.0 Å². The summed E-state index contributed by atoms with van der Waals surface area (Å²) in [5, 5.41) is 0.102. The van der Waals surface area contributed by atoms with Gasteiger partial charge in [-0.2, -0.15) is 0 Å². The molecule has 0 aliphatic heterocycles. The van der Waals surface area contributed by atoms with Crippen molar-refractivity contribution < 1.29 is 13.2 Å². The van der Waals surface area contributed by atoms with Crippen LogP contribution in [0.4, 0.5) is 0 Å². The first kappa shape index (κ1) is 15.7. The van der Waals surface area contributed by atoms with Crippen LogP contribution in [-0.2, 0) is 14.8 Å². The van der Waals surface area contributed by atoms with Gasteiger partial charge in [0.05, 0.1) is 11.1 Å². The summed E-state index contributed by atoms with van der Waals surface area (Å²) < 4.78 is 32.2. The number of halogens is 1. The average molecular weight is 335 g/mol. The van der Waals surface area contributed by atoms with Crippen LogP contribution in [0.15, 0.2) is 23.1 Å². The van der Waals surface area contributed by atoms with Crippen molar-refractivity contribution in [2.24, 2.45) is 5.73 Å². The number of hydrogen-bond acceptors (Lipinski definition) is 4. The van der Waals surface area contributed by atoms with Crippen LogP contribution in [0.1, 0.15) is 18.4 Å². The molecule has 1 saturated carbocycles. The lowest BCUT2D eigenvalue weighted by atomic mass is 9.90. The molecule has 8 heteroatoms. The van der Waals surface area contributed by atoms with Crippen molar-refractivity contribution in [2.45, 2.75) is 29.9 Å². The monoisotopic (exact) mass is 334 g/mol. The molecule has 0 spiro atoms. The summed E-state index contributed by atoms with van der Waals surface area (Å²) >= 11 is 10.8. The molecule has 1 aliphatic rings. The lowest BCUT2D eigenvalue weighted by Crippen LogP contribution is -2.47. The summed E-state index contributed by atoms with van der Waals surface area (Å²) in [6.45, 7) is 0. The number of thiocarbonyl (C=S) groups is 1. The molecule has 1 aromatic rings. The largest absolute Gasteiger partial charge is 0.389 e. The van der Waals surface area contributed by atoms with Crippen LogP contribution in [0, 0.1) is 0 Å². The molecule has 0 heterocycles. The second kappa shape index (κ2) is 5.95. The molecule has 0 radical (unpaired) electrons. The Morgan fingerprint density at radius 3 is 2.65 bits per heavy atom. The quantitative estimate of drug-likeness (QED) is 0.796. The second-order valence-electron chi connectivity index (χ2n) is 4.66. The van der Waals surface area contributed by atoms with Crippen molar-refractivity contribution in [3.63, 3.8) is 0 Å². The number of rotatable bonds is 5. The summed E-state index contributed by atoms with van der Waals surface area (Å²) in [6, 6.07) is 4.29. The van der Waals surface area contributed by atoms with Gasteiger partial charge in [-0.1, -0.05) is 29.9 Å². The molecule has 0 saturated heterocycles. The zero-order valence-corrected chi connectivity index (χ0v) is 13.2. The number of ether oxygens (including phenoxy) is 1. The van der Waals surface area contributed by atoms with Gasteiger partial charge in [-0.3, -0.25) is 0 Å². The highest BCUT2D eigenvalue weighted by atomic mass is 35.5. The van der Waals surface area contributed by atoms with Crippen LogP contribution in [0.3, 0.4) is 0 Å². The smallest absolute Gasteiger partial charge is 0.242 e. The minimum atomic E-state index is -3.65. The fourth-order valence-corrected chi connectivity index (χ4v) is 3.94. The van der Waals surface area contributed by atoms with Crippen molar-refractivity contribution in [3.05, 3.63) is 28.8 Å². The van der Waals surface area contributed by atoms with Crippen LogP contribution in [0.5, 0.6) is 0 Å². The Hall–Kier alpha value is -0.730. The fourth-order valence-electron chi connectivity index (χ4n) is 2.01. The Bertz CT molecular complexity index is 628. The summed E-state index contributed by atoms with van der Waals surface area (Å²) in [5.74, 6) is 0. The van der Waals surface area contributed by atoms with Crippen molar-refractivity contribution >= 4 is 38.8 Å². The van der Waals surface area contributed by atoms with Gasteiger partial charge in [0.25, 0.3) is 0 Å². The molecular formula is C12H15ClN2O3S2. The van der Waals surface area contributed by atoms with E-state index in [9.17, 15) is 8.42 Å². The number of hydrogen-bond donors (Lipinski definition) is 2. The first-order valence-corrected chi connectivity index (χ1v) is 8.25. The topological polar surface area (TPSA) is 81.4 Å². The SMILES string of the molecule is COC1CC(NS(=O)(=O)c2ccc(C(N)=S)cc2Cl)C1. The van der Waals surface area contributed by atoms with E-state index >= 15 is 0 Å². The van der Waals surface area contributed by atoms with Gasteiger partial charge in [0.15, 0.2) is 0 Å². The van der Waals surface area contributed by atoms with Crippen molar-refractivity contribution in [3.8, 4) is 0 Å². The molecule has 0 amide bonds. The van der Waals surface area contributed by atoms with Gasteiger partial charge in [0, 0.05) is 18.7 Å². The second-order valence-corrected chi connectivity index (χ2v) is 7.19. The van der Waals surface area contributed by atoms with Gasteiger partial charge in [-0.25, -0.2) is 13.1 Å². The van der Waals surface area contributed by atoms with Crippen LogP contribution in [0.2, 0.25) is 5.02 Å². The predicted molar refractivity (Wildman–Crippen MR) is 81.5 cm³/mol. The van der Waals surface area contributed by atoms with Crippen LogP contribution in [0.25, 0.3) is 0 Å². The van der Waals surface area contributed by atoms with Gasteiger partial charge in [-0.15, -0.1) is 0 Å². The Balaban J connectivity index is 2.16. The summed E-state index contributed by atoms with van der Waals surface area (Å²) in [7, 11) is -2.03. The molecule has 1 aromatic carbocycles. The first-order chi connectivity index (χ1) is 9.33. The maximum Gasteiger partial charge on any atom is 0.242 e. The lowest BCUT2D eigenvalue weighted by Gasteiger charge is -2.34. The van der Waals surface area contributed by atoms with Gasteiger partial charge in [0.2, 0.25) is 10.0 Å². The maximum atomic E-state index is 12.2. The Morgan fingerprint density at radius 1 is 1.50 bits per heavy atom. The van der Waals surface area contributed by atoms with Gasteiger partial charge in [0.1, 0.15) is 9.88 Å². The number of benzene rings is 1. The van der Waals surface area contributed by atoms with E-state index in [-0.39, 0.29) is 27.1 Å². The summed E-state index contributed by atoms with van der Waals surface area (Å²) in [4.78, 5) is 0.200. The molecule has 1 fully saturated rings. The molecule has 3 N–H and O–H groups in total. The van der Waals surface area contributed by atoms with E-state index in [1.807, 2.05) is 0 Å². The predicted octanol–water partition coefficient (Wildman–Crippen LogP) is 1.43. The van der Waals surface area contributed by atoms with E-state index in [0.29, 0.717) is 18.4 Å². The molecule has 5 nitrogen and oxygen atoms in total. The van der Waals surface area contributed by atoms with Crippen LogP contribution >= 0.6 is 23.8 Å². The average Bonchev–Trinajstić information content (AvgIpc) is 2.32. The zero-order chi connectivity index (χ0) is 14.9. The van der Waals surface area contributed by atoms with Crippen molar-refractivity contribution in [1.82, 2.24) is 4.72 Å². The fraction of sp³-hybridized carbons (Fsp3) is 0.417. The molecule has 0 bridgehead atoms. The minimum Gasteiger partial charge on any atom is -0.389 e. The minimum absolute atomic E-state index is 0.0278. The van der Waals surface area contributed by atoms with E-state index in [1.54, 1.807) is 13.2 Å². The first-order valence-electron chi connectivity index (χ1n) is 5.98. The van der Waals surface area contributed by atoms with Crippen molar-refractivity contribution in [2.75, 3.05) is 7.11 Å². The molecular weight excluding hydrogens is 320 g/mol. The van der Waals surface area contributed by atoms with Crippen LogP contribution < -0.4 is 10.5 Å². The van der Waals surface area contributed by atoms with Gasteiger partial charge >= 0.3 is 0 Å². The van der Waals surface area contributed by atoms with Gasteiger partial charge in [-0.05, 0) is 25.0 Å². The Morgan fingerprint density at radius 2 is 2.15 bits per heavy atom. The summed E-state index contributed by atoms with van der Waals surface area (Å²) in [5.41, 5.74) is 6.01. The number of nitrogens with one attached hydrogen (secondary N) is 1. The lowest BCUT2D eigenvalue weighted by molar-refractivity contribution is 0.0236. The highest BCUT2D eigenvalue weighted by Gasteiger charge is 2.33. The molecule has 20 heavy (non-hydrogen) atoms. The molecule has 0 unspecified atom stereocenters. The maximum absolute atomic E-state index is 12.2. The molecule has 2 rings (SSSR count). The highest BCUT2D eigenvalue weighted by Crippen LogP contribution is 2.27. The normalized spacial score (nSPS) is 22.3. The Kier molecular flexibility index (Phi) is 4.66. The number of methoxy groups -OCH3 is 1. The standard InChI is InChI=1S/C12H15ClN2O3S2/c1-18-9-5-8(6-9)15-20(16,17)11-3-2-7(12(14)19)4-10(11)13/h2-4,8-9,15H,5-6H2,1H3,(H2,14,19). The summed E-state index contributed by atoms with van der Waals surface area (Å²) in [6.07, 6.45) is 1.45. The molecule has 1 aliphatic carbocycles. The Labute approximate surface area is 128 Å². The third kappa shape index (κ3) is 3.29. The van der Waals surface area contributed by atoms with E-state index in [0.717, 1.165) is 0 Å². The van der Waals surface area contributed by atoms with E-state index in [2.05, 4.69) is 4.72 Å². The van der Waals surface area contributed by atoms with Crippen LogP contribution in [-0.4, -0.2) is 32.7 Å². The number of sulfonamides is 1. The highest BCUT2D eigenvalue weighted by molar-refractivity contribution is 7.89. The van der Waals surface area contributed by atoms with Crippen molar-refractivity contribution in [1.29, 1.82) is 0 Å². The van der Waals surface area contributed by atoms with Gasteiger partial charge < -0.3 is 10.5 Å². The molecule has 0 aromatic heterocycles.